The molecule has 5 nitrogen and oxygen atoms in total. The zero-order chi connectivity index (χ0) is 16.9. The van der Waals surface area contributed by atoms with Crippen molar-refractivity contribution >= 4 is 15.7 Å². The lowest BCUT2D eigenvalue weighted by molar-refractivity contribution is 0.584. The highest BCUT2D eigenvalue weighted by atomic mass is 32.2. The molecule has 0 aliphatic carbocycles. The van der Waals surface area contributed by atoms with Crippen LogP contribution in [0.15, 0.2) is 58.5 Å². The van der Waals surface area contributed by atoms with Gasteiger partial charge in [0, 0.05) is 0 Å². The van der Waals surface area contributed by atoms with Gasteiger partial charge >= 0.3 is 0 Å². The molecule has 0 aliphatic rings. The van der Waals surface area contributed by atoms with Crippen molar-refractivity contribution in [3.8, 4) is 6.07 Å². The molecule has 0 spiro atoms. The smallest absolute Gasteiger partial charge is 0.200 e. The third kappa shape index (κ3) is 4.18. The quantitative estimate of drug-likeness (QED) is 0.677. The fourth-order valence-electron chi connectivity index (χ4n) is 2.00. The van der Waals surface area contributed by atoms with Crippen LogP contribution in [-0.2, 0) is 10.0 Å². The van der Waals surface area contributed by atoms with Crippen LogP contribution in [0.4, 0.5) is 0 Å². The molecular weight excluding hydrogens is 310 g/mol. The van der Waals surface area contributed by atoms with Crippen LogP contribution in [0.3, 0.4) is 0 Å². The number of hydrogen-bond donors (Lipinski definition) is 1. The largest absolute Gasteiger partial charge is 0.276 e. The van der Waals surface area contributed by atoms with E-state index in [1.807, 2.05) is 13.8 Å². The molecule has 0 saturated heterocycles. The number of hydrazone groups is 1. The van der Waals surface area contributed by atoms with Gasteiger partial charge in [-0.05, 0) is 43.2 Å². The topological polar surface area (TPSA) is 82.3 Å². The molecule has 1 N–H and O–H groups in total. The van der Waals surface area contributed by atoms with E-state index in [0.29, 0.717) is 17.7 Å². The van der Waals surface area contributed by atoms with Crippen LogP contribution in [-0.4, -0.2) is 14.1 Å². The van der Waals surface area contributed by atoms with Crippen molar-refractivity contribution < 1.29 is 8.42 Å². The second-order valence-electron chi connectivity index (χ2n) is 5.01. The molecule has 0 aromatic heterocycles. The number of nitriles is 1. The molecular formula is C17H17N3O2S. The molecule has 2 rings (SSSR count). The lowest BCUT2D eigenvalue weighted by Crippen LogP contribution is -2.20. The molecule has 0 fully saturated rings. The molecule has 23 heavy (non-hydrogen) atoms. The van der Waals surface area contributed by atoms with Crippen molar-refractivity contribution in [2.75, 3.05) is 0 Å². The Kier molecular flexibility index (Phi) is 5.14. The molecule has 0 aliphatic heterocycles. The van der Waals surface area contributed by atoms with E-state index in [-0.39, 0.29) is 4.90 Å². The average molecular weight is 327 g/mol. The van der Waals surface area contributed by atoms with E-state index in [1.165, 1.54) is 12.1 Å². The minimum atomic E-state index is -3.71. The van der Waals surface area contributed by atoms with Gasteiger partial charge in [-0.2, -0.15) is 23.6 Å². The fourth-order valence-corrected chi connectivity index (χ4v) is 2.83. The van der Waals surface area contributed by atoms with Gasteiger partial charge in [0.1, 0.15) is 0 Å². The Morgan fingerprint density at radius 2 is 1.91 bits per heavy atom. The molecule has 6 heteroatoms. The number of benzene rings is 2. The molecule has 0 heterocycles. The summed E-state index contributed by atoms with van der Waals surface area (Å²) in [6.07, 6.45) is 0.533. The minimum absolute atomic E-state index is 0.160. The van der Waals surface area contributed by atoms with Gasteiger partial charge in [0.2, 0.25) is 0 Å². The van der Waals surface area contributed by atoms with Crippen LogP contribution < -0.4 is 4.83 Å². The van der Waals surface area contributed by atoms with Crippen molar-refractivity contribution in [1.29, 1.82) is 5.26 Å². The zero-order valence-corrected chi connectivity index (χ0v) is 13.8. The van der Waals surface area contributed by atoms with Gasteiger partial charge in [0.05, 0.1) is 22.2 Å². The summed E-state index contributed by atoms with van der Waals surface area (Å²) in [4.78, 5) is 2.42. The predicted octanol–water partition coefficient (Wildman–Crippen LogP) is 2.96. The first-order chi connectivity index (χ1) is 11.0. The van der Waals surface area contributed by atoms with Crippen molar-refractivity contribution in [2.45, 2.75) is 25.2 Å². The Labute approximate surface area is 136 Å². The van der Waals surface area contributed by atoms with Gasteiger partial charge in [0.25, 0.3) is 10.0 Å². The molecule has 118 valence electrons. The number of nitrogens with one attached hydrogen (secondary N) is 1. The number of sulfonamides is 1. The molecule has 0 amide bonds. The van der Waals surface area contributed by atoms with E-state index in [0.717, 1.165) is 11.1 Å². The molecule has 0 unspecified atom stereocenters. The van der Waals surface area contributed by atoms with E-state index >= 15 is 0 Å². The number of hydrogen-bond acceptors (Lipinski definition) is 4. The van der Waals surface area contributed by atoms with Crippen LogP contribution >= 0.6 is 0 Å². The van der Waals surface area contributed by atoms with Gasteiger partial charge < -0.3 is 0 Å². The van der Waals surface area contributed by atoms with E-state index < -0.39 is 10.0 Å². The van der Waals surface area contributed by atoms with E-state index in [2.05, 4.69) is 16.0 Å². The lowest BCUT2D eigenvalue weighted by Gasteiger charge is -2.07. The molecule has 0 saturated carbocycles. The van der Waals surface area contributed by atoms with Crippen LogP contribution in [0.25, 0.3) is 0 Å². The first-order valence-corrected chi connectivity index (χ1v) is 8.60. The van der Waals surface area contributed by atoms with Gasteiger partial charge in [0.15, 0.2) is 0 Å². The second kappa shape index (κ2) is 7.07. The summed E-state index contributed by atoms with van der Waals surface area (Å²) in [6.45, 7) is 3.76. The van der Waals surface area contributed by atoms with E-state index in [1.54, 1.807) is 36.4 Å². The summed E-state index contributed by atoms with van der Waals surface area (Å²) in [5.74, 6) is 0. The second-order valence-corrected chi connectivity index (χ2v) is 6.67. The minimum Gasteiger partial charge on any atom is -0.200 e. The number of aryl methyl sites for hydroxylation is 1. The summed E-state index contributed by atoms with van der Waals surface area (Å²) in [7, 11) is -3.71. The van der Waals surface area contributed by atoms with Gasteiger partial charge in [-0.1, -0.05) is 36.8 Å². The van der Waals surface area contributed by atoms with Crippen molar-refractivity contribution in [3.63, 3.8) is 0 Å². The first-order valence-electron chi connectivity index (χ1n) is 7.12. The van der Waals surface area contributed by atoms with Crippen molar-refractivity contribution in [1.82, 2.24) is 4.83 Å². The summed E-state index contributed by atoms with van der Waals surface area (Å²) < 4.78 is 24.5. The summed E-state index contributed by atoms with van der Waals surface area (Å²) in [5, 5.41) is 13.0. The Morgan fingerprint density at radius 1 is 1.22 bits per heavy atom. The third-order valence-electron chi connectivity index (χ3n) is 3.29. The number of rotatable bonds is 5. The summed E-state index contributed by atoms with van der Waals surface area (Å²) in [6, 6.07) is 15.5. The van der Waals surface area contributed by atoms with Gasteiger partial charge in [-0.25, -0.2) is 0 Å². The molecule has 2 aromatic carbocycles. The van der Waals surface area contributed by atoms with Crippen molar-refractivity contribution in [2.24, 2.45) is 5.10 Å². The van der Waals surface area contributed by atoms with Gasteiger partial charge in [-0.3, -0.25) is 0 Å². The van der Waals surface area contributed by atoms with Crippen LogP contribution in [0.1, 0.15) is 30.0 Å². The normalized spacial score (nSPS) is 11.8. The third-order valence-corrected chi connectivity index (χ3v) is 4.52. The maximum atomic E-state index is 12.2. The Morgan fingerprint density at radius 3 is 2.52 bits per heavy atom. The molecule has 0 atom stereocenters. The highest BCUT2D eigenvalue weighted by Gasteiger charge is 2.13. The molecule has 2 aromatic rings. The summed E-state index contributed by atoms with van der Waals surface area (Å²) in [5.41, 5.74) is 2.77. The van der Waals surface area contributed by atoms with E-state index in [4.69, 9.17) is 5.26 Å². The Hall–Kier alpha value is -2.65. The fraction of sp³-hybridized carbons (Fsp3) is 0.176. The monoisotopic (exact) mass is 327 g/mol. The zero-order valence-electron chi connectivity index (χ0n) is 12.9. The van der Waals surface area contributed by atoms with E-state index in [9.17, 15) is 8.42 Å². The highest BCUT2D eigenvalue weighted by molar-refractivity contribution is 7.89. The van der Waals surface area contributed by atoms with Crippen molar-refractivity contribution in [3.05, 3.63) is 65.2 Å². The van der Waals surface area contributed by atoms with Gasteiger partial charge in [-0.15, -0.1) is 0 Å². The maximum absolute atomic E-state index is 12.2. The molecule has 0 bridgehead atoms. The Balaban J connectivity index is 2.28. The first kappa shape index (κ1) is 16.7. The maximum Gasteiger partial charge on any atom is 0.276 e. The predicted molar refractivity (Wildman–Crippen MR) is 89.5 cm³/mol. The Bertz CT molecular complexity index is 863. The average Bonchev–Trinajstić information content (AvgIpc) is 2.56. The van der Waals surface area contributed by atoms with Crippen LogP contribution in [0.2, 0.25) is 0 Å². The van der Waals surface area contributed by atoms with Crippen LogP contribution in [0, 0.1) is 18.3 Å². The lowest BCUT2D eigenvalue weighted by atomic mass is 10.1. The number of nitrogens with zero attached hydrogens (tertiary/aromatic N) is 2. The summed E-state index contributed by atoms with van der Waals surface area (Å²) >= 11 is 0. The standard InChI is InChI=1S/C17H17N3O2S/c1-3-17(15-6-4-5-14(11-15)12-18)19-20-23(21,22)16-9-7-13(2)8-10-16/h4-11,20H,3H2,1-2H3. The van der Waals surface area contributed by atoms with Crippen LogP contribution in [0.5, 0.6) is 0 Å². The highest BCUT2D eigenvalue weighted by Crippen LogP contribution is 2.11. The SMILES string of the molecule is CCC(=NNS(=O)(=O)c1ccc(C)cc1)c1cccc(C#N)c1. The molecule has 0 radical (unpaired) electrons.